The van der Waals surface area contributed by atoms with Gasteiger partial charge in [0.25, 0.3) is 0 Å². The summed E-state index contributed by atoms with van der Waals surface area (Å²) in [7, 11) is 0. The normalized spacial score (nSPS) is 10.9. The zero-order chi connectivity index (χ0) is 24.0. The summed E-state index contributed by atoms with van der Waals surface area (Å²) in [4.78, 5) is 17.1. The molecule has 0 amide bonds. The molecule has 4 heteroatoms. The number of benzene rings is 2. The fraction of sp³-hybridized carbons (Fsp3) is 0.400. The zero-order valence-corrected chi connectivity index (χ0v) is 20.6. The highest BCUT2D eigenvalue weighted by Crippen LogP contribution is 2.22. The van der Waals surface area contributed by atoms with Gasteiger partial charge >= 0.3 is 5.97 Å². The molecule has 3 rings (SSSR count). The van der Waals surface area contributed by atoms with E-state index in [-0.39, 0.29) is 5.97 Å². The van der Waals surface area contributed by atoms with E-state index < -0.39 is 0 Å². The molecule has 0 unspecified atom stereocenters. The van der Waals surface area contributed by atoms with Crippen LogP contribution in [0.25, 0.3) is 11.3 Å². The van der Waals surface area contributed by atoms with Gasteiger partial charge in [-0.2, -0.15) is 0 Å². The number of hydrogen-bond donors (Lipinski definition) is 0. The van der Waals surface area contributed by atoms with Crippen molar-refractivity contribution < 1.29 is 14.3 Å². The molecule has 1 aromatic heterocycles. The maximum absolute atomic E-state index is 12.5. The average Bonchev–Trinajstić information content (AvgIpc) is 2.87. The summed E-state index contributed by atoms with van der Waals surface area (Å²) in [5.41, 5.74) is 4.74. The molecule has 180 valence electrons. The van der Waals surface area contributed by atoms with E-state index in [1.165, 1.54) is 44.1 Å². The first-order valence-electron chi connectivity index (χ1n) is 12.6. The minimum atomic E-state index is -0.343. The van der Waals surface area contributed by atoms with Crippen molar-refractivity contribution in [2.24, 2.45) is 0 Å². The van der Waals surface area contributed by atoms with Gasteiger partial charge in [0.2, 0.25) is 0 Å². The SMILES string of the molecule is CCCCCCOCc1ccc(-c2ccc(OC(=O)c3ccc(CCCCC)cc3)cc2)nc1. The average molecular weight is 460 g/mol. The molecular weight excluding hydrogens is 422 g/mol. The Morgan fingerprint density at radius 2 is 1.47 bits per heavy atom. The van der Waals surface area contributed by atoms with Crippen molar-refractivity contribution in [1.29, 1.82) is 0 Å². The van der Waals surface area contributed by atoms with E-state index in [4.69, 9.17) is 9.47 Å². The van der Waals surface area contributed by atoms with Gasteiger partial charge in [0.1, 0.15) is 5.75 Å². The van der Waals surface area contributed by atoms with Crippen LogP contribution in [-0.2, 0) is 17.8 Å². The number of ether oxygens (including phenoxy) is 2. The lowest BCUT2D eigenvalue weighted by molar-refractivity contribution is 0.0734. The lowest BCUT2D eigenvalue weighted by Gasteiger charge is -2.08. The minimum absolute atomic E-state index is 0.343. The van der Waals surface area contributed by atoms with Gasteiger partial charge in [-0.3, -0.25) is 4.98 Å². The van der Waals surface area contributed by atoms with Crippen LogP contribution in [0.3, 0.4) is 0 Å². The maximum Gasteiger partial charge on any atom is 0.343 e. The molecular formula is C30H37NO3. The molecule has 0 saturated carbocycles. The molecule has 0 aliphatic rings. The highest BCUT2D eigenvalue weighted by atomic mass is 16.5. The largest absolute Gasteiger partial charge is 0.423 e. The maximum atomic E-state index is 12.5. The Morgan fingerprint density at radius 1 is 0.765 bits per heavy atom. The number of aromatic nitrogens is 1. The number of rotatable bonds is 14. The van der Waals surface area contributed by atoms with E-state index >= 15 is 0 Å². The Kier molecular flexibility index (Phi) is 10.8. The van der Waals surface area contributed by atoms with Crippen LogP contribution in [0.1, 0.15) is 80.3 Å². The summed E-state index contributed by atoms with van der Waals surface area (Å²) in [5.74, 6) is 0.180. The molecule has 34 heavy (non-hydrogen) atoms. The number of esters is 1. The third-order valence-electron chi connectivity index (χ3n) is 5.85. The molecule has 0 spiro atoms. The number of carbonyl (C=O) groups excluding carboxylic acids is 1. The lowest BCUT2D eigenvalue weighted by atomic mass is 10.1. The van der Waals surface area contributed by atoms with E-state index in [9.17, 15) is 4.79 Å². The fourth-order valence-corrected chi connectivity index (χ4v) is 3.75. The molecule has 0 bridgehead atoms. The van der Waals surface area contributed by atoms with Crippen LogP contribution >= 0.6 is 0 Å². The molecule has 0 radical (unpaired) electrons. The first-order valence-corrected chi connectivity index (χ1v) is 12.6. The number of carbonyl (C=O) groups is 1. The molecule has 0 aliphatic carbocycles. The topological polar surface area (TPSA) is 48.4 Å². The van der Waals surface area contributed by atoms with E-state index in [1.54, 1.807) is 12.1 Å². The van der Waals surface area contributed by atoms with Crippen molar-refractivity contribution in [1.82, 2.24) is 4.98 Å². The van der Waals surface area contributed by atoms with Gasteiger partial charge in [-0.1, -0.05) is 64.2 Å². The van der Waals surface area contributed by atoms with Gasteiger partial charge in [0.15, 0.2) is 0 Å². The standard InChI is InChI=1S/C30H37NO3/c1-3-5-7-9-21-33-23-25-13-20-29(31-22-25)26-16-18-28(19-17-26)34-30(32)27-14-11-24(12-15-27)10-8-6-4-2/h11-20,22H,3-10,21,23H2,1-2H3. The van der Waals surface area contributed by atoms with E-state index in [0.717, 1.165) is 36.3 Å². The second-order valence-electron chi connectivity index (χ2n) is 8.73. The van der Waals surface area contributed by atoms with E-state index in [1.807, 2.05) is 54.7 Å². The van der Waals surface area contributed by atoms with Crippen LogP contribution in [0.4, 0.5) is 0 Å². The van der Waals surface area contributed by atoms with E-state index in [2.05, 4.69) is 18.8 Å². The molecule has 0 fully saturated rings. The number of unbranched alkanes of at least 4 members (excludes halogenated alkanes) is 5. The summed E-state index contributed by atoms with van der Waals surface area (Å²) in [6.07, 6.45) is 11.4. The molecule has 0 saturated heterocycles. The van der Waals surface area contributed by atoms with Gasteiger partial charge < -0.3 is 9.47 Å². The summed E-state index contributed by atoms with van der Waals surface area (Å²) >= 11 is 0. The van der Waals surface area contributed by atoms with Gasteiger partial charge in [-0.05, 0) is 72.9 Å². The molecule has 0 N–H and O–H groups in total. The van der Waals surface area contributed by atoms with Crippen molar-refractivity contribution in [3.8, 4) is 17.0 Å². The van der Waals surface area contributed by atoms with Crippen molar-refractivity contribution in [2.75, 3.05) is 6.61 Å². The second kappa shape index (κ2) is 14.3. The molecule has 4 nitrogen and oxygen atoms in total. The third kappa shape index (κ3) is 8.42. The Bertz CT molecular complexity index is 979. The van der Waals surface area contributed by atoms with Crippen molar-refractivity contribution >= 4 is 5.97 Å². The van der Waals surface area contributed by atoms with Crippen LogP contribution < -0.4 is 4.74 Å². The molecule has 3 aromatic rings. The van der Waals surface area contributed by atoms with Crippen molar-refractivity contribution in [3.63, 3.8) is 0 Å². The van der Waals surface area contributed by atoms with Gasteiger partial charge in [-0.25, -0.2) is 4.79 Å². The van der Waals surface area contributed by atoms with Crippen LogP contribution in [0.15, 0.2) is 66.9 Å². The Labute approximate surface area is 204 Å². The number of hydrogen-bond acceptors (Lipinski definition) is 4. The van der Waals surface area contributed by atoms with Crippen LogP contribution in [0.2, 0.25) is 0 Å². The quantitative estimate of drug-likeness (QED) is 0.140. The van der Waals surface area contributed by atoms with Crippen LogP contribution in [-0.4, -0.2) is 17.6 Å². The first kappa shape index (κ1) is 25.6. The monoisotopic (exact) mass is 459 g/mol. The van der Waals surface area contributed by atoms with Crippen LogP contribution in [0.5, 0.6) is 5.75 Å². The molecule has 0 atom stereocenters. The van der Waals surface area contributed by atoms with Gasteiger partial charge in [0, 0.05) is 18.4 Å². The third-order valence-corrected chi connectivity index (χ3v) is 5.85. The van der Waals surface area contributed by atoms with Gasteiger partial charge in [0.05, 0.1) is 17.9 Å². The molecule has 1 heterocycles. The van der Waals surface area contributed by atoms with Crippen LogP contribution in [0, 0.1) is 0 Å². The number of nitrogens with zero attached hydrogens (tertiary/aromatic N) is 1. The second-order valence-corrected chi connectivity index (χ2v) is 8.73. The first-order chi connectivity index (χ1) is 16.7. The summed E-state index contributed by atoms with van der Waals surface area (Å²) in [6, 6.07) is 19.2. The Balaban J connectivity index is 1.48. The Hall–Kier alpha value is -2.98. The predicted molar refractivity (Wildman–Crippen MR) is 138 cm³/mol. The summed E-state index contributed by atoms with van der Waals surface area (Å²) in [6.45, 7) is 5.80. The lowest BCUT2D eigenvalue weighted by Crippen LogP contribution is -2.08. The van der Waals surface area contributed by atoms with Crippen molar-refractivity contribution in [3.05, 3.63) is 83.6 Å². The highest BCUT2D eigenvalue weighted by molar-refractivity contribution is 5.91. The number of aryl methyl sites for hydroxylation is 1. The molecule has 0 aliphatic heterocycles. The highest BCUT2D eigenvalue weighted by Gasteiger charge is 2.09. The van der Waals surface area contributed by atoms with Gasteiger partial charge in [-0.15, -0.1) is 0 Å². The zero-order valence-electron chi connectivity index (χ0n) is 20.6. The summed E-state index contributed by atoms with van der Waals surface area (Å²) in [5, 5.41) is 0. The van der Waals surface area contributed by atoms with Crippen molar-refractivity contribution in [2.45, 2.75) is 71.8 Å². The van der Waals surface area contributed by atoms with E-state index in [0.29, 0.717) is 17.9 Å². The molecule has 2 aromatic carbocycles. The fourth-order valence-electron chi connectivity index (χ4n) is 3.75. The Morgan fingerprint density at radius 3 is 2.15 bits per heavy atom. The summed E-state index contributed by atoms with van der Waals surface area (Å²) < 4.78 is 11.3. The predicted octanol–water partition coefficient (Wildman–Crippen LogP) is 7.80. The smallest absolute Gasteiger partial charge is 0.343 e. The minimum Gasteiger partial charge on any atom is -0.423 e. The number of pyridine rings is 1.